The van der Waals surface area contributed by atoms with Crippen molar-refractivity contribution < 1.29 is 12.8 Å². The number of hydrogen-bond acceptors (Lipinski definition) is 3. The second-order valence-electron chi connectivity index (χ2n) is 5.92. The van der Waals surface area contributed by atoms with Crippen LogP contribution in [-0.4, -0.2) is 25.8 Å². The highest BCUT2D eigenvalue weighted by Gasteiger charge is 2.42. The Balaban J connectivity index is 1.97. The maximum absolute atomic E-state index is 14.2. The van der Waals surface area contributed by atoms with Crippen LogP contribution in [0.1, 0.15) is 24.8 Å². The van der Waals surface area contributed by atoms with Gasteiger partial charge in [0, 0.05) is 18.8 Å². The zero-order chi connectivity index (χ0) is 14.5. The van der Waals surface area contributed by atoms with Crippen molar-refractivity contribution in [3.63, 3.8) is 0 Å². The summed E-state index contributed by atoms with van der Waals surface area (Å²) in [7, 11) is -3.78. The normalized spacial score (nSPS) is 26.9. The molecule has 1 heterocycles. The number of sulfonamides is 1. The number of nitrogens with two attached hydrogens (primary N) is 1. The fourth-order valence-electron chi connectivity index (χ4n) is 3.48. The predicted octanol–water partition coefficient (Wildman–Crippen LogP) is 2.14. The number of benzene rings is 1. The van der Waals surface area contributed by atoms with Gasteiger partial charge in [-0.15, -0.1) is 0 Å². The molecule has 0 amide bonds. The van der Waals surface area contributed by atoms with Gasteiger partial charge in [-0.3, -0.25) is 0 Å². The molecule has 3 rings (SSSR count). The molecular weight excluding hydrogens is 279 g/mol. The summed E-state index contributed by atoms with van der Waals surface area (Å²) in [5, 5.41) is 0. The monoisotopic (exact) mass is 298 g/mol. The first-order valence-electron chi connectivity index (χ1n) is 6.95. The summed E-state index contributed by atoms with van der Waals surface area (Å²) in [6.45, 7) is 2.56. The molecule has 1 saturated carbocycles. The first-order chi connectivity index (χ1) is 9.39. The van der Waals surface area contributed by atoms with Crippen molar-refractivity contribution in [2.75, 3.05) is 18.8 Å². The Hall–Kier alpha value is -1.14. The summed E-state index contributed by atoms with van der Waals surface area (Å²) in [6.07, 6.45) is 3.33. The van der Waals surface area contributed by atoms with Gasteiger partial charge in [-0.2, -0.15) is 4.31 Å². The average molecular weight is 298 g/mol. The molecule has 0 bridgehead atoms. The van der Waals surface area contributed by atoms with E-state index in [0.717, 1.165) is 12.8 Å². The van der Waals surface area contributed by atoms with Crippen molar-refractivity contribution in [3.05, 3.63) is 23.5 Å². The van der Waals surface area contributed by atoms with E-state index in [1.54, 1.807) is 0 Å². The van der Waals surface area contributed by atoms with Crippen LogP contribution in [0.4, 0.5) is 10.1 Å². The van der Waals surface area contributed by atoms with Crippen molar-refractivity contribution in [3.8, 4) is 0 Å². The molecule has 2 N–H and O–H groups in total. The Morgan fingerprint density at radius 3 is 2.45 bits per heavy atom. The molecule has 1 aliphatic heterocycles. The van der Waals surface area contributed by atoms with Gasteiger partial charge in [0.1, 0.15) is 10.7 Å². The lowest BCUT2D eigenvalue weighted by atomic mass is 10.0. The van der Waals surface area contributed by atoms with Gasteiger partial charge in [-0.05, 0) is 49.3 Å². The van der Waals surface area contributed by atoms with Gasteiger partial charge in [0.15, 0.2) is 0 Å². The summed E-state index contributed by atoms with van der Waals surface area (Å²) < 4.78 is 40.8. The van der Waals surface area contributed by atoms with E-state index in [2.05, 4.69) is 0 Å². The van der Waals surface area contributed by atoms with Gasteiger partial charge in [0.25, 0.3) is 0 Å². The summed E-state index contributed by atoms with van der Waals surface area (Å²) in [5.41, 5.74) is 6.21. The molecule has 2 fully saturated rings. The average Bonchev–Trinajstić information content (AvgIpc) is 2.94. The van der Waals surface area contributed by atoms with Gasteiger partial charge < -0.3 is 5.73 Å². The third-order valence-corrected chi connectivity index (χ3v) is 6.38. The molecule has 0 spiro atoms. The summed E-state index contributed by atoms with van der Waals surface area (Å²) >= 11 is 0. The third-order valence-electron chi connectivity index (χ3n) is 4.55. The van der Waals surface area contributed by atoms with Crippen LogP contribution in [0.15, 0.2) is 17.0 Å². The third kappa shape index (κ3) is 2.11. The molecule has 2 unspecified atom stereocenters. The number of nitrogen functional groups attached to an aromatic ring is 1. The van der Waals surface area contributed by atoms with Crippen LogP contribution in [0, 0.1) is 24.6 Å². The second-order valence-corrected chi connectivity index (χ2v) is 7.83. The molecule has 2 atom stereocenters. The Kier molecular flexibility index (Phi) is 3.25. The summed E-state index contributed by atoms with van der Waals surface area (Å²) in [5.74, 6) is 0.196. The lowest BCUT2D eigenvalue weighted by Crippen LogP contribution is -2.30. The number of nitrogens with zero attached hydrogens (tertiary/aromatic N) is 1. The zero-order valence-corrected chi connectivity index (χ0v) is 12.3. The Morgan fingerprint density at radius 2 is 1.85 bits per heavy atom. The maximum Gasteiger partial charge on any atom is 0.246 e. The minimum Gasteiger partial charge on any atom is -0.399 e. The SMILES string of the molecule is Cc1cc(N)cc(S(=O)(=O)N2CC3CCCC3C2)c1F. The number of anilines is 1. The van der Waals surface area contributed by atoms with Crippen LogP contribution in [0.2, 0.25) is 0 Å². The minimum absolute atomic E-state index is 0.267. The Labute approximate surface area is 118 Å². The Bertz CT molecular complexity index is 633. The van der Waals surface area contributed by atoms with Crippen molar-refractivity contribution in [1.82, 2.24) is 4.31 Å². The van der Waals surface area contributed by atoms with Crippen molar-refractivity contribution in [2.24, 2.45) is 11.8 Å². The van der Waals surface area contributed by atoms with E-state index in [4.69, 9.17) is 5.73 Å². The highest BCUT2D eigenvalue weighted by atomic mass is 32.2. The van der Waals surface area contributed by atoms with Crippen LogP contribution >= 0.6 is 0 Å². The number of halogens is 1. The molecule has 2 aliphatic rings. The first kappa shape index (κ1) is 13.8. The summed E-state index contributed by atoms with van der Waals surface area (Å²) in [4.78, 5) is -0.282. The lowest BCUT2D eigenvalue weighted by Gasteiger charge is -2.18. The lowest BCUT2D eigenvalue weighted by molar-refractivity contribution is 0.440. The number of rotatable bonds is 2. The molecule has 6 heteroatoms. The largest absolute Gasteiger partial charge is 0.399 e. The van der Waals surface area contributed by atoms with Gasteiger partial charge >= 0.3 is 0 Å². The highest BCUT2D eigenvalue weighted by molar-refractivity contribution is 7.89. The zero-order valence-electron chi connectivity index (χ0n) is 11.5. The van der Waals surface area contributed by atoms with Crippen LogP contribution in [0.25, 0.3) is 0 Å². The quantitative estimate of drug-likeness (QED) is 0.851. The van der Waals surface area contributed by atoms with Crippen LogP contribution in [-0.2, 0) is 10.0 Å². The van der Waals surface area contributed by atoms with Gasteiger partial charge in [-0.25, -0.2) is 12.8 Å². The molecule has 1 saturated heterocycles. The van der Waals surface area contributed by atoms with Gasteiger partial charge in [0.2, 0.25) is 10.0 Å². The van der Waals surface area contributed by atoms with E-state index in [-0.39, 0.29) is 16.1 Å². The fraction of sp³-hybridized carbons (Fsp3) is 0.571. The minimum atomic E-state index is -3.78. The molecule has 20 heavy (non-hydrogen) atoms. The molecule has 1 aromatic rings. The number of aryl methyl sites for hydroxylation is 1. The molecular formula is C14H19FN2O2S. The van der Waals surface area contributed by atoms with Crippen molar-refractivity contribution in [2.45, 2.75) is 31.1 Å². The van der Waals surface area contributed by atoms with E-state index >= 15 is 0 Å². The summed E-state index contributed by atoms with van der Waals surface area (Å²) in [6, 6.07) is 2.68. The van der Waals surface area contributed by atoms with Crippen LogP contribution in [0.3, 0.4) is 0 Å². The van der Waals surface area contributed by atoms with E-state index in [9.17, 15) is 12.8 Å². The first-order valence-corrected chi connectivity index (χ1v) is 8.39. The number of hydrogen-bond donors (Lipinski definition) is 1. The topological polar surface area (TPSA) is 63.4 Å². The Morgan fingerprint density at radius 1 is 1.25 bits per heavy atom. The van der Waals surface area contributed by atoms with Gasteiger partial charge in [-0.1, -0.05) is 6.42 Å². The smallest absolute Gasteiger partial charge is 0.246 e. The van der Waals surface area contributed by atoms with Crippen LogP contribution in [0.5, 0.6) is 0 Å². The maximum atomic E-state index is 14.2. The van der Waals surface area contributed by atoms with Crippen molar-refractivity contribution >= 4 is 15.7 Å². The van der Waals surface area contributed by atoms with E-state index < -0.39 is 15.8 Å². The predicted molar refractivity (Wildman–Crippen MR) is 75.1 cm³/mol. The highest BCUT2D eigenvalue weighted by Crippen LogP contribution is 2.40. The van der Waals surface area contributed by atoms with E-state index in [0.29, 0.717) is 24.9 Å². The van der Waals surface area contributed by atoms with Crippen LogP contribution < -0.4 is 5.73 Å². The van der Waals surface area contributed by atoms with Crippen molar-refractivity contribution in [1.29, 1.82) is 0 Å². The second kappa shape index (κ2) is 4.70. The fourth-order valence-corrected chi connectivity index (χ4v) is 5.21. The molecule has 0 aromatic heterocycles. The molecule has 1 aromatic carbocycles. The van der Waals surface area contributed by atoms with E-state index in [1.807, 2.05) is 0 Å². The van der Waals surface area contributed by atoms with Gasteiger partial charge in [0.05, 0.1) is 0 Å². The standard InChI is InChI=1S/C14H19FN2O2S/c1-9-5-12(16)6-13(14(9)15)20(18,19)17-7-10-3-2-4-11(10)8-17/h5-6,10-11H,2-4,7-8,16H2,1H3. The molecule has 0 radical (unpaired) electrons. The van der Waals surface area contributed by atoms with E-state index in [1.165, 1.54) is 29.8 Å². The molecule has 110 valence electrons. The number of fused-ring (bicyclic) bond motifs is 1. The molecule has 1 aliphatic carbocycles. The molecule has 4 nitrogen and oxygen atoms in total.